The van der Waals surface area contributed by atoms with Gasteiger partial charge in [-0.15, -0.1) is 11.6 Å². The Labute approximate surface area is 195 Å². The van der Waals surface area contributed by atoms with Gasteiger partial charge in [0.1, 0.15) is 5.75 Å². The number of hydrogen-bond donors (Lipinski definition) is 3. The summed E-state index contributed by atoms with van der Waals surface area (Å²) in [6, 6.07) is 5.20. The fourth-order valence-electron chi connectivity index (χ4n) is 4.11. The molecule has 6 nitrogen and oxygen atoms in total. The van der Waals surface area contributed by atoms with Crippen LogP contribution in [0.25, 0.3) is 0 Å². The number of benzene rings is 1. The number of alkyl halides is 1. The lowest BCUT2D eigenvalue weighted by atomic mass is 9.90. The zero-order valence-electron chi connectivity index (χ0n) is 18.8. The molecular formula is C25H35ClO6. The van der Waals surface area contributed by atoms with Crippen molar-refractivity contribution < 1.29 is 29.6 Å². The molecule has 32 heavy (non-hydrogen) atoms. The number of aromatic hydroxyl groups is 1. The molecule has 0 heterocycles. The first-order valence-electron chi connectivity index (χ1n) is 11.1. The van der Waals surface area contributed by atoms with Crippen LogP contribution in [0.15, 0.2) is 42.5 Å². The van der Waals surface area contributed by atoms with Crippen LogP contribution in [0.2, 0.25) is 0 Å². The van der Waals surface area contributed by atoms with E-state index in [4.69, 9.17) is 16.3 Å². The highest BCUT2D eigenvalue weighted by Crippen LogP contribution is 2.39. The number of phenolic OH excluding ortho intramolecular Hbond substituents is 1. The maximum absolute atomic E-state index is 11.1. The predicted octanol–water partition coefficient (Wildman–Crippen LogP) is 3.89. The molecule has 0 aliphatic heterocycles. The van der Waals surface area contributed by atoms with Crippen LogP contribution in [0, 0.1) is 11.8 Å². The smallest absolute Gasteiger partial charge is 0.305 e. The lowest BCUT2D eigenvalue weighted by Crippen LogP contribution is -2.19. The summed E-state index contributed by atoms with van der Waals surface area (Å²) < 4.78 is 9.71. The number of methoxy groups -OCH3 is 2. The number of ether oxygens (including phenoxy) is 2. The number of aliphatic hydroxyl groups excluding tert-OH is 2. The van der Waals surface area contributed by atoms with Gasteiger partial charge >= 0.3 is 5.97 Å². The summed E-state index contributed by atoms with van der Waals surface area (Å²) in [7, 11) is 2.95. The maximum atomic E-state index is 11.1. The minimum absolute atomic E-state index is 0.0777. The summed E-state index contributed by atoms with van der Waals surface area (Å²) in [6.45, 7) is 0.300. The van der Waals surface area contributed by atoms with Crippen LogP contribution in [0.5, 0.6) is 5.75 Å². The molecule has 1 aliphatic carbocycles. The Morgan fingerprint density at radius 1 is 1.31 bits per heavy atom. The first-order chi connectivity index (χ1) is 15.3. The van der Waals surface area contributed by atoms with E-state index < -0.39 is 12.2 Å². The minimum Gasteiger partial charge on any atom is -0.508 e. The Morgan fingerprint density at radius 3 is 2.81 bits per heavy atom. The van der Waals surface area contributed by atoms with E-state index >= 15 is 0 Å². The topological polar surface area (TPSA) is 96.2 Å². The van der Waals surface area contributed by atoms with Crippen molar-refractivity contribution in [3.8, 4) is 5.75 Å². The Kier molecular flexibility index (Phi) is 11.2. The average molecular weight is 467 g/mol. The molecule has 1 aliphatic rings. The molecule has 178 valence electrons. The van der Waals surface area contributed by atoms with E-state index in [1.165, 1.54) is 7.11 Å². The third-order valence-corrected chi connectivity index (χ3v) is 6.37. The molecule has 1 fully saturated rings. The van der Waals surface area contributed by atoms with Crippen LogP contribution in [0.3, 0.4) is 0 Å². The highest BCUT2D eigenvalue weighted by molar-refractivity contribution is 6.21. The van der Waals surface area contributed by atoms with E-state index in [0.29, 0.717) is 31.4 Å². The molecular weight excluding hydrogens is 432 g/mol. The summed E-state index contributed by atoms with van der Waals surface area (Å²) in [5.74, 6) is -0.0853. The van der Waals surface area contributed by atoms with Crippen LogP contribution >= 0.6 is 11.6 Å². The van der Waals surface area contributed by atoms with Gasteiger partial charge in [0, 0.05) is 36.8 Å². The Morgan fingerprint density at radius 2 is 2.09 bits per heavy atom. The monoisotopic (exact) mass is 466 g/mol. The number of esters is 1. The standard InChI is InChI=1S/C25H35ClO6/c1-31-16-18-13-17(9-12-23(18)28)14-19(27)10-11-21-20(22(26)15-24(21)29)7-5-3-4-6-8-25(30)32-2/h3,5,9-13,19-22,24,27-29H,4,6-8,14-16H2,1-2H3/b5-3-,11-10+/t19?,20-,21-,22-,24-/m1/s1. The summed E-state index contributed by atoms with van der Waals surface area (Å²) in [4.78, 5) is 11.1. The van der Waals surface area contributed by atoms with E-state index in [2.05, 4.69) is 10.8 Å². The van der Waals surface area contributed by atoms with Gasteiger partial charge in [-0.3, -0.25) is 4.79 Å². The first-order valence-corrected chi connectivity index (χ1v) is 11.5. The summed E-state index contributed by atoms with van der Waals surface area (Å²) in [6.07, 6.45) is 10.0. The van der Waals surface area contributed by atoms with Crippen molar-refractivity contribution >= 4 is 17.6 Å². The van der Waals surface area contributed by atoms with Crippen molar-refractivity contribution in [2.75, 3.05) is 14.2 Å². The second-order valence-corrected chi connectivity index (χ2v) is 8.85. The zero-order valence-corrected chi connectivity index (χ0v) is 19.6. The first kappa shape index (κ1) is 26.4. The van der Waals surface area contributed by atoms with Gasteiger partial charge in [0.15, 0.2) is 0 Å². The number of carbonyl (C=O) groups is 1. The van der Waals surface area contributed by atoms with E-state index in [9.17, 15) is 20.1 Å². The molecule has 0 bridgehead atoms. The Balaban J connectivity index is 1.90. The van der Waals surface area contributed by atoms with Crippen LogP contribution in [-0.4, -0.2) is 53.1 Å². The Hall–Kier alpha value is -1.86. The van der Waals surface area contributed by atoms with Crippen molar-refractivity contribution in [1.82, 2.24) is 0 Å². The number of hydrogen-bond acceptors (Lipinski definition) is 6. The molecule has 1 aromatic rings. The highest BCUT2D eigenvalue weighted by atomic mass is 35.5. The number of phenols is 1. The molecule has 3 N–H and O–H groups in total. The zero-order chi connectivity index (χ0) is 23.5. The van der Waals surface area contributed by atoms with Crippen LogP contribution in [0.4, 0.5) is 0 Å². The fraction of sp³-hybridized carbons (Fsp3) is 0.560. The Bertz CT molecular complexity index is 778. The van der Waals surface area contributed by atoms with E-state index in [1.54, 1.807) is 25.3 Å². The molecule has 5 atom stereocenters. The van der Waals surface area contributed by atoms with Crippen LogP contribution < -0.4 is 0 Å². The molecule has 1 saturated carbocycles. The van der Waals surface area contributed by atoms with Crippen molar-refractivity contribution in [3.63, 3.8) is 0 Å². The molecule has 7 heteroatoms. The quantitative estimate of drug-likeness (QED) is 0.187. The predicted molar refractivity (Wildman–Crippen MR) is 125 cm³/mol. The SMILES string of the molecule is COCc1cc(CC(O)/C=C/[C@@H]2[C@@H](C/C=C\CCCC(=O)OC)[C@H](Cl)C[C@H]2O)ccc1O. The molecule has 0 amide bonds. The third-order valence-electron chi connectivity index (χ3n) is 5.87. The number of halogens is 1. The summed E-state index contributed by atoms with van der Waals surface area (Å²) >= 11 is 6.49. The van der Waals surface area contributed by atoms with Gasteiger partial charge in [0.2, 0.25) is 0 Å². The molecule has 2 rings (SSSR count). The van der Waals surface area contributed by atoms with Gasteiger partial charge in [-0.25, -0.2) is 0 Å². The summed E-state index contributed by atoms with van der Waals surface area (Å²) in [5.41, 5.74) is 1.57. The van der Waals surface area contributed by atoms with Crippen molar-refractivity contribution in [2.24, 2.45) is 11.8 Å². The van der Waals surface area contributed by atoms with E-state index in [0.717, 1.165) is 24.8 Å². The number of rotatable bonds is 12. The fourth-order valence-corrected chi connectivity index (χ4v) is 4.56. The van der Waals surface area contributed by atoms with Gasteiger partial charge in [-0.2, -0.15) is 0 Å². The van der Waals surface area contributed by atoms with Crippen molar-refractivity contribution in [1.29, 1.82) is 0 Å². The third kappa shape index (κ3) is 8.24. The number of carbonyl (C=O) groups excluding carboxylic acids is 1. The number of unbranched alkanes of at least 4 members (excludes halogenated alkanes) is 1. The van der Waals surface area contributed by atoms with Crippen molar-refractivity contribution in [2.45, 2.75) is 62.7 Å². The minimum atomic E-state index is -0.717. The molecule has 0 radical (unpaired) electrons. The summed E-state index contributed by atoms with van der Waals surface area (Å²) in [5, 5.41) is 30.7. The van der Waals surface area contributed by atoms with Gasteiger partial charge < -0.3 is 24.8 Å². The molecule has 1 unspecified atom stereocenters. The van der Waals surface area contributed by atoms with Gasteiger partial charge in [0.05, 0.1) is 25.9 Å². The average Bonchev–Trinajstić information content (AvgIpc) is 3.03. The molecule has 0 aromatic heterocycles. The largest absolute Gasteiger partial charge is 0.508 e. The van der Waals surface area contributed by atoms with Gasteiger partial charge in [0.25, 0.3) is 0 Å². The molecule has 0 saturated heterocycles. The van der Waals surface area contributed by atoms with E-state index in [-0.39, 0.29) is 28.9 Å². The van der Waals surface area contributed by atoms with Gasteiger partial charge in [-0.05, 0) is 49.3 Å². The molecule has 0 spiro atoms. The maximum Gasteiger partial charge on any atom is 0.305 e. The normalized spacial score (nSPS) is 24.4. The molecule has 1 aromatic carbocycles. The van der Waals surface area contributed by atoms with Crippen LogP contribution in [-0.2, 0) is 27.3 Å². The van der Waals surface area contributed by atoms with Crippen LogP contribution in [0.1, 0.15) is 43.2 Å². The second-order valence-electron chi connectivity index (χ2n) is 8.29. The number of allylic oxidation sites excluding steroid dienone is 2. The second kappa shape index (κ2) is 13.6. The van der Waals surface area contributed by atoms with Gasteiger partial charge in [-0.1, -0.05) is 30.4 Å². The lowest BCUT2D eigenvalue weighted by Gasteiger charge is -2.19. The highest BCUT2D eigenvalue weighted by Gasteiger charge is 2.39. The number of aliphatic hydroxyl groups is 2. The van der Waals surface area contributed by atoms with Crippen molar-refractivity contribution in [3.05, 3.63) is 53.6 Å². The lowest BCUT2D eigenvalue weighted by molar-refractivity contribution is -0.140. The van der Waals surface area contributed by atoms with E-state index in [1.807, 2.05) is 18.2 Å².